The molecule has 51 heavy (non-hydrogen) atoms. The number of aromatic nitrogens is 3. The van der Waals surface area contributed by atoms with E-state index < -0.39 is 18.0 Å². The topological polar surface area (TPSA) is 139 Å². The summed E-state index contributed by atoms with van der Waals surface area (Å²) in [5.74, 6) is 0.277. The van der Waals surface area contributed by atoms with Crippen molar-refractivity contribution in [3.05, 3.63) is 89.2 Å². The first-order valence-corrected chi connectivity index (χ1v) is 17.6. The number of fused-ring (bicyclic) bond motifs is 4. The number of carbonyl (C=O) groups excluding carboxylic acids is 3. The van der Waals surface area contributed by atoms with Crippen molar-refractivity contribution in [3.8, 4) is 17.6 Å². The van der Waals surface area contributed by atoms with Crippen LogP contribution in [0.15, 0.2) is 66.7 Å². The number of para-hydroxylation sites is 1. The SMILES string of the molecule is N#Cc1ccc(C(=O)N2CC(Cn3c(-c4cc5ccccc5n4CC4CC4)nc4cc(C(=O)N5C[C@H]6CC[C@@H]5[C@@H]6OC(N)=O)cc(F)c43)C2)cc1. The van der Waals surface area contributed by atoms with Gasteiger partial charge in [-0.2, -0.15) is 5.26 Å². The summed E-state index contributed by atoms with van der Waals surface area (Å²) in [4.78, 5) is 47.2. The van der Waals surface area contributed by atoms with Gasteiger partial charge in [0.25, 0.3) is 11.8 Å². The molecule has 2 saturated carbocycles. The second-order valence-corrected chi connectivity index (χ2v) is 14.5. The van der Waals surface area contributed by atoms with Crippen LogP contribution in [0.3, 0.4) is 0 Å². The van der Waals surface area contributed by atoms with Gasteiger partial charge >= 0.3 is 6.09 Å². The molecule has 3 atom stereocenters. The number of nitrogens with two attached hydrogens (primary N) is 1. The van der Waals surface area contributed by atoms with Crippen molar-refractivity contribution in [2.75, 3.05) is 19.6 Å². The predicted molar refractivity (Wildman–Crippen MR) is 186 cm³/mol. The Morgan fingerprint density at radius 3 is 2.39 bits per heavy atom. The van der Waals surface area contributed by atoms with E-state index in [0.29, 0.717) is 66.5 Å². The van der Waals surface area contributed by atoms with Gasteiger partial charge in [-0.15, -0.1) is 0 Å². The van der Waals surface area contributed by atoms with Gasteiger partial charge in [0.15, 0.2) is 5.82 Å². The third-order valence-corrected chi connectivity index (χ3v) is 11.2. The predicted octanol–water partition coefficient (Wildman–Crippen LogP) is 5.55. The van der Waals surface area contributed by atoms with E-state index in [4.69, 9.17) is 20.7 Å². The summed E-state index contributed by atoms with van der Waals surface area (Å²) in [5.41, 5.74) is 9.22. The number of nitriles is 1. The molecule has 2 bridgehead atoms. The van der Waals surface area contributed by atoms with E-state index >= 15 is 4.39 Å². The van der Waals surface area contributed by atoms with E-state index in [1.54, 1.807) is 40.1 Å². The fourth-order valence-electron chi connectivity index (χ4n) is 8.50. The lowest BCUT2D eigenvalue weighted by molar-refractivity contribution is 0.0471. The maximum absolute atomic E-state index is 16.5. The summed E-state index contributed by atoms with van der Waals surface area (Å²) >= 11 is 0. The van der Waals surface area contributed by atoms with E-state index in [1.165, 1.54) is 6.07 Å². The number of primary amides is 1. The average molecular weight is 686 g/mol. The maximum atomic E-state index is 16.5. The van der Waals surface area contributed by atoms with Crippen molar-refractivity contribution in [1.29, 1.82) is 5.26 Å². The van der Waals surface area contributed by atoms with E-state index in [1.807, 2.05) is 16.7 Å². The smallest absolute Gasteiger partial charge is 0.404 e. The Labute approximate surface area is 293 Å². The van der Waals surface area contributed by atoms with Gasteiger partial charge in [0, 0.05) is 66.6 Å². The number of rotatable bonds is 8. The molecule has 4 aliphatic rings. The number of imidazole rings is 1. The number of likely N-dealkylation sites (tertiary alicyclic amines) is 2. The van der Waals surface area contributed by atoms with Crippen LogP contribution in [0.1, 0.15) is 52.0 Å². The Bertz CT molecular complexity index is 2280. The standard InChI is InChI=1S/C39H36FN7O4/c40-29-13-28(38(49)46-21-27-11-12-32(46)35(27)51-39(42)50)14-30-34(29)47(20-24-17-44(18-24)37(48)25-9-7-22(16-41)8-10-25)36(43-30)33-15-26-3-1-2-4-31(26)45(33)19-23-5-6-23/h1-4,7-10,13-15,23-24,27,32,35H,5-6,11-12,17-21H2,(H2,42,50)/t27-,32-,35-/m1/s1. The molecule has 12 heteroatoms. The highest BCUT2D eigenvalue weighted by atomic mass is 19.1. The number of benzene rings is 3. The molecule has 2 aromatic heterocycles. The monoisotopic (exact) mass is 685 g/mol. The second-order valence-electron chi connectivity index (χ2n) is 14.5. The maximum Gasteiger partial charge on any atom is 0.404 e. The second kappa shape index (κ2) is 12.0. The molecule has 5 aromatic rings. The van der Waals surface area contributed by atoms with Crippen LogP contribution in [0, 0.1) is 34.9 Å². The van der Waals surface area contributed by atoms with E-state index in [0.717, 1.165) is 42.4 Å². The molecule has 2 aliphatic carbocycles. The van der Waals surface area contributed by atoms with E-state index in [-0.39, 0.29) is 35.3 Å². The molecule has 4 heterocycles. The molecule has 0 spiro atoms. The summed E-state index contributed by atoms with van der Waals surface area (Å²) in [7, 11) is 0. The zero-order valence-electron chi connectivity index (χ0n) is 27.9. The highest BCUT2D eigenvalue weighted by molar-refractivity contribution is 5.99. The Morgan fingerprint density at radius 2 is 1.65 bits per heavy atom. The van der Waals surface area contributed by atoms with Crippen LogP contribution >= 0.6 is 0 Å². The molecule has 3 amide bonds. The van der Waals surface area contributed by atoms with Crippen LogP contribution in [-0.2, 0) is 17.8 Å². The first-order valence-electron chi connectivity index (χ1n) is 17.6. The van der Waals surface area contributed by atoms with Crippen LogP contribution in [0.5, 0.6) is 0 Å². The van der Waals surface area contributed by atoms with Gasteiger partial charge in [-0.1, -0.05) is 18.2 Å². The Balaban J connectivity index is 1.07. The minimum Gasteiger partial charge on any atom is -0.444 e. The van der Waals surface area contributed by atoms with Crippen LogP contribution in [-0.4, -0.2) is 73.6 Å². The third kappa shape index (κ3) is 5.39. The number of amides is 3. The fraction of sp³-hybridized carbons (Fsp3) is 0.359. The molecule has 3 aromatic carbocycles. The van der Waals surface area contributed by atoms with Gasteiger partial charge in [-0.05, 0) is 80.1 Å². The Morgan fingerprint density at radius 1 is 0.882 bits per heavy atom. The largest absolute Gasteiger partial charge is 0.444 e. The molecule has 11 nitrogen and oxygen atoms in total. The normalized spacial score (nSPS) is 21.3. The van der Waals surface area contributed by atoms with Crippen LogP contribution in [0.25, 0.3) is 33.5 Å². The summed E-state index contributed by atoms with van der Waals surface area (Å²) in [5, 5.41) is 10.2. The summed E-state index contributed by atoms with van der Waals surface area (Å²) in [6, 6.07) is 21.7. The number of carbonyl (C=O) groups is 3. The lowest BCUT2D eigenvalue weighted by Crippen LogP contribution is -2.51. The first-order chi connectivity index (χ1) is 24.7. The summed E-state index contributed by atoms with van der Waals surface area (Å²) < 4.78 is 26.1. The van der Waals surface area contributed by atoms with Crippen LogP contribution in [0.2, 0.25) is 0 Å². The summed E-state index contributed by atoms with van der Waals surface area (Å²) in [6.45, 7) is 2.67. The Kier molecular flexibility index (Phi) is 7.34. The van der Waals surface area contributed by atoms with Crippen LogP contribution in [0.4, 0.5) is 9.18 Å². The van der Waals surface area contributed by atoms with Crippen molar-refractivity contribution in [2.24, 2.45) is 23.5 Å². The summed E-state index contributed by atoms with van der Waals surface area (Å²) in [6.07, 6.45) is 2.54. The zero-order valence-corrected chi connectivity index (χ0v) is 27.9. The molecule has 0 unspecified atom stereocenters. The lowest BCUT2D eigenvalue weighted by atomic mass is 9.98. The molecule has 0 radical (unpaired) electrons. The van der Waals surface area contributed by atoms with Crippen molar-refractivity contribution in [1.82, 2.24) is 23.9 Å². The van der Waals surface area contributed by atoms with Crippen molar-refractivity contribution < 1.29 is 23.5 Å². The molecule has 4 fully saturated rings. The minimum atomic E-state index is -0.857. The van der Waals surface area contributed by atoms with Gasteiger partial charge in [-0.25, -0.2) is 14.2 Å². The number of piperidine rings is 1. The fourth-order valence-corrected chi connectivity index (χ4v) is 8.50. The lowest BCUT2D eigenvalue weighted by Gasteiger charge is -2.39. The van der Waals surface area contributed by atoms with Crippen molar-refractivity contribution in [3.63, 3.8) is 0 Å². The highest BCUT2D eigenvalue weighted by Crippen LogP contribution is 2.42. The Hall–Kier alpha value is -5.70. The third-order valence-electron chi connectivity index (χ3n) is 11.2. The number of hydrogen-bond acceptors (Lipinski definition) is 6. The van der Waals surface area contributed by atoms with Crippen LogP contribution < -0.4 is 5.73 Å². The van der Waals surface area contributed by atoms with Crippen molar-refractivity contribution >= 4 is 39.8 Å². The quantitative estimate of drug-likeness (QED) is 0.227. The molecular weight excluding hydrogens is 649 g/mol. The highest BCUT2D eigenvalue weighted by Gasteiger charge is 2.51. The number of nitrogens with zero attached hydrogens (tertiary/aromatic N) is 6. The number of hydrogen-bond donors (Lipinski definition) is 1. The molecular formula is C39H36FN7O4. The number of ether oxygens (including phenoxy) is 1. The van der Waals surface area contributed by atoms with Crippen molar-refractivity contribution in [2.45, 2.75) is 50.9 Å². The molecule has 9 rings (SSSR count). The van der Waals surface area contributed by atoms with E-state index in [2.05, 4.69) is 28.8 Å². The average Bonchev–Trinajstić information content (AvgIpc) is 3.42. The zero-order chi connectivity index (χ0) is 35.0. The minimum absolute atomic E-state index is 0.00469. The van der Waals surface area contributed by atoms with Gasteiger partial charge in [0.05, 0.1) is 28.9 Å². The van der Waals surface area contributed by atoms with Gasteiger partial charge in [0.1, 0.15) is 17.4 Å². The molecule has 2 aliphatic heterocycles. The van der Waals surface area contributed by atoms with Gasteiger partial charge in [0.2, 0.25) is 0 Å². The van der Waals surface area contributed by atoms with E-state index in [9.17, 15) is 14.4 Å². The van der Waals surface area contributed by atoms with Gasteiger partial charge < -0.3 is 29.4 Å². The molecule has 2 saturated heterocycles. The molecule has 258 valence electrons. The first kappa shape index (κ1) is 31.3. The van der Waals surface area contributed by atoms with Gasteiger partial charge in [-0.3, -0.25) is 9.59 Å². The number of halogens is 1. The molecule has 2 N–H and O–H groups in total.